The monoisotopic (exact) mass is 511 g/mol. The molecule has 10 heteroatoms. The van der Waals surface area contributed by atoms with Gasteiger partial charge in [0.1, 0.15) is 13.2 Å². The zero-order chi connectivity index (χ0) is 25.3. The third-order valence-corrected chi connectivity index (χ3v) is 6.82. The summed E-state index contributed by atoms with van der Waals surface area (Å²) < 4.78 is 52.2. The zero-order valence-electron chi connectivity index (χ0n) is 18.9. The van der Waals surface area contributed by atoms with Crippen LogP contribution in [0.15, 0.2) is 36.4 Å². The molecular formula is C25H25ClF3NO5. The molecule has 1 heterocycles. The minimum Gasteiger partial charge on any atom is -0.486 e. The third kappa shape index (κ3) is 5.83. The van der Waals surface area contributed by atoms with Crippen molar-refractivity contribution in [2.45, 2.75) is 44.2 Å². The van der Waals surface area contributed by atoms with E-state index in [1.54, 1.807) is 12.1 Å². The van der Waals surface area contributed by atoms with E-state index in [0.717, 1.165) is 19.8 Å². The number of rotatable bonds is 8. The molecule has 1 saturated carbocycles. The molecule has 0 spiro atoms. The highest BCUT2D eigenvalue weighted by atomic mass is 35.5. The molecule has 1 amide bonds. The standard InChI is InChI=1S/C25H25ClF3NO5/c1-13(25(27,28)29)23(16-5-7-20-21(11-16)35-9-8-34-20)24(33)30-19-10-15(4-6-18(19)26)17(12-22(31)32)14-2-3-14/h4-7,10-11,13-14,17,23H,2-3,8-9,12H2,1H3,(H,30,33)(H,31,32)/t13-,17+,23+/m1/s1. The number of halogens is 4. The summed E-state index contributed by atoms with van der Waals surface area (Å²) in [6, 6.07) is 9.10. The molecule has 0 radical (unpaired) electrons. The number of carboxylic acids is 1. The number of nitrogens with one attached hydrogen (secondary N) is 1. The smallest absolute Gasteiger partial charge is 0.392 e. The number of ether oxygens (including phenoxy) is 2. The predicted octanol–water partition coefficient (Wildman–Crippen LogP) is 6.00. The number of fused-ring (bicyclic) bond motifs is 1. The third-order valence-electron chi connectivity index (χ3n) is 6.49. The lowest BCUT2D eigenvalue weighted by molar-refractivity contribution is -0.178. The van der Waals surface area contributed by atoms with Crippen LogP contribution in [0.2, 0.25) is 5.02 Å². The van der Waals surface area contributed by atoms with Gasteiger partial charge in [0, 0.05) is 0 Å². The molecule has 4 rings (SSSR count). The van der Waals surface area contributed by atoms with E-state index in [-0.39, 0.29) is 46.9 Å². The van der Waals surface area contributed by atoms with Gasteiger partial charge in [-0.15, -0.1) is 0 Å². The minimum atomic E-state index is -4.64. The molecule has 2 N–H and O–H groups in total. The second-order valence-corrected chi connectivity index (χ2v) is 9.39. The van der Waals surface area contributed by atoms with E-state index in [9.17, 15) is 27.9 Å². The van der Waals surface area contributed by atoms with Crippen molar-refractivity contribution in [1.82, 2.24) is 0 Å². The number of aliphatic carboxylic acids is 1. The van der Waals surface area contributed by atoms with E-state index in [4.69, 9.17) is 21.1 Å². The van der Waals surface area contributed by atoms with Gasteiger partial charge in [-0.2, -0.15) is 13.2 Å². The lowest BCUT2D eigenvalue weighted by atomic mass is 9.85. The van der Waals surface area contributed by atoms with Crippen molar-refractivity contribution in [1.29, 1.82) is 0 Å². The van der Waals surface area contributed by atoms with Crippen LogP contribution in [0.25, 0.3) is 0 Å². The van der Waals surface area contributed by atoms with Gasteiger partial charge >= 0.3 is 12.1 Å². The highest BCUT2D eigenvalue weighted by molar-refractivity contribution is 6.33. The Morgan fingerprint density at radius 1 is 1.09 bits per heavy atom. The van der Waals surface area contributed by atoms with Crippen molar-refractivity contribution < 1.29 is 37.3 Å². The van der Waals surface area contributed by atoms with Crippen LogP contribution in [0.4, 0.5) is 18.9 Å². The summed E-state index contributed by atoms with van der Waals surface area (Å²) in [6.07, 6.45) is -2.92. The quantitative estimate of drug-likeness (QED) is 0.454. The van der Waals surface area contributed by atoms with Crippen LogP contribution in [0.1, 0.15) is 49.1 Å². The van der Waals surface area contributed by atoms with Crippen LogP contribution in [0, 0.1) is 11.8 Å². The largest absolute Gasteiger partial charge is 0.486 e. The Morgan fingerprint density at radius 2 is 1.74 bits per heavy atom. The van der Waals surface area contributed by atoms with E-state index in [1.165, 1.54) is 24.3 Å². The maximum absolute atomic E-state index is 13.8. The first-order valence-electron chi connectivity index (χ1n) is 11.3. The molecule has 6 nitrogen and oxygen atoms in total. The first-order valence-corrected chi connectivity index (χ1v) is 11.7. The average Bonchev–Trinajstić information content (AvgIpc) is 3.64. The van der Waals surface area contributed by atoms with Gasteiger partial charge in [-0.3, -0.25) is 9.59 Å². The summed E-state index contributed by atoms with van der Waals surface area (Å²) in [5.41, 5.74) is 0.946. The van der Waals surface area contributed by atoms with E-state index in [0.29, 0.717) is 17.9 Å². The minimum absolute atomic E-state index is 0.0788. The first-order chi connectivity index (χ1) is 16.5. The molecule has 2 aliphatic rings. The predicted molar refractivity (Wildman–Crippen MR) is 123 cm³/mol. The van der Waals surface area contributed by atoms with Crippen molar-refractivity contribution in [3.05, 3.63) is 52.5 Å². The number of benzene rings is 2. The molecule has 35 heavy (non-hydrogen) atoms. The summed E-state index contributed by atoms with van der Waals surface area (Å²) >= 11 is 6.27. The second kappa shape index (κ2) is 9.97. The molecule has 188 valence electrons. The van der Waals surface area contributed by atoms with Crippen LogP contribution in [-0.2, 0) is 9.59 Å². The Morgan fingerprint density at radius 3 is 2.37 bits per heavy atom. The number of anilines is 1. The van der Waals surface area contributed by atoms with E-state index >= 15 is 0 Å². The lowest BCUT2D eigenvalue weighted by Gasteiger charge is -2.27. The highest BCUT2D eigenvalue weighted by Gasteiger charge is 2.45. The van der Waals surface area contributed by atoms with Crippen molar-refractivity contribution in [2.75, 3.05) is 18.5 Å². The summed E-state index contributed by atoms with van der Waals surface area (Å²) in [7, 11) is 0. The molecule has 1 aliphatic carbocycles. The molecule has 1 aliphatic heterocycles. The Labute approximate surface area is 205 Å². The lowest BCUT2D eigenvalue weighted by Crippen LogP contribution is -2.34. The maximum atomic E-state index is 13.8. The van der Waals surface area contributed by atoms with Crippen molar-refractivity contribution in [3.63, 3.8) is 0 Å². The van der Waals surface area contributed by atoms with E-state index < -0.39 is 29.9 Å². The fraction of sp³-hybridized carbons (Fsp3) is 0.440. The summed E-state index contributed by atoms with van der Waals surface area (Å²) in [5, 5.41) is 12.0. The van der Waals surface area contributed by atoms with Gasteiger partial charge in [0.25, 0.3) is 0 Å². The summed E-state index contributed by atoms with van der Waals surface area (Å²) in [4.78, 5) is 24.6. The fourth-order valence-corrected chi connectivity index (χ4v) is 4.60. The van der Waals surface area contributed by atoms with Gasteiger partial charge in [-0.05, 0) is 60.1 Å². The fourth-order valence-electron chi connectivity index (χ4n) is 4.43. The first kappa shape index (κ1) is 25.2. The molecule has 2 aromatic rings. The number of hydrogen-bond acceptors (Lipinski definition) is 4. The molecule has 1 fully saturated rings. The summed E-state index contributed by atoms with van der Waals surface area (Å²) in [5.74, 6) is -4.77. The highest BCUT2D eigenvalue weighted by Crippen LogP contribution is 2.46. The number of carboxylic acid groups (broad SMARTS) is 1. The molecule has 0 unspecified atom stereocenters. The Kier molecular flexibility index (Phi) is 7.17. The molecule has 0 aromatic heterocycles. The normalized spacial score (nSPS) is 17.9. The number of carbonyl (C=O) groups excluding carboxylic acids is 1. The average molecular weight is 512 g/mol. The second-order valence-electron chi connectivity index (χ2n) is 8.98. The van der Waals surface area contributed by atoms with Crippen molar-refractivity contribution in [2.24, 2.45) is 11.8 Å². The maximum Gasteiger partial charge on any atom is 0.392 e. The van der Waals surface area contributed by atoms with E-state index in [2.05, 4.69) is 5.32 Å². The van der Waals surface area contributed by atoms with Gasteiger partial charge in [0.05, 0.1) is 29.0 Å². The van der Waals surface area contributed by atoms with Crippen LogP contribution >= 0.6 is 11.6 Å². The Balaban J connectivity index is 1.65. The number of hydrogen-bond donors (Lipinski definition) is 2. The van der Waals surface area contributed by atoms with Crippen LogP contribution in [-0.4, -0.2) is 36.4 Å². The van der Waals surface area contributed by atoms with E-state index in [1.807, 2.05) is 0 Å². The van der Waals surface area contributed by atoms with Gasteiger partial charge in [-0.1, -0.05) is 30.7 Å². The Hall–Kier alpha value is -2.94. The van der Waals surface area contributed by atoms with Crippen LogP contribution < -0.4 is 14.8 Å². The zero-order valence-corrected chi connectivity index (χ0v) is 19.7. The molecular weight excluding hydrogens is 487 g/mol. The molecule has 3 atom stereocenters. The van der Waals surface area contributed by atoms with Crippen LogP contribution in [0.3, 0.4) is 0 Å². The topological polar surface area (TPSA) is 84.9 Å². The van der Waals surface area contributed by atoms with Crippen molar-refractivity contribution in [3.8, 4) is 11.5 Å². The Bertz CT molecular complexity index is 1120. The van der Waals surface area contributed by atoms with Gasteiger partial charge in [0.2, 0.25) is 5.91 Å². The number of amides is 1. The molecule has 0 bridgehead atoms. The molecule has 2 aromatic carbocycles. The van der Waals surface area contributed by atoms with Crippen molar-refractivity contribution >= 4 is 29.2 Å². The number of carbonyl (C=O) groups is 2. The van der Waals surface area contributed by atoms with Gasteiger partial charge < -0.3 is 19.9 Å². The van der Waals surface area contributed by atoms with Gasteiger partial charge in [0.15, 0.2) is 11.5 Å². The van der Waals surface area contributed by atoms with Gasteiger partial charge in [-0.25, -0.2) is 0 Å². The summed E-state index contributed by atoms with van der Waals surface area (Å²) in [6.45, 7) is 1.53. The number of alkyl halides is 3. The van der Waals surface area contributed by atoms with Crippen LogP contribution in [0.5, 0.6) is 11.5 Å². The molecule has 0 saturated heterocycles. The SMILES string of the molecule is C[C@H]([C@H](C(=O)Nc1cc([C@@H](CC(=O)O)C2CC2)ccc1Cl)c1ccc2c(c1)OCCO2)C(F)(F)F.